The van der Waals surface area contributed by atoms with Crippen molar-refractivity contribution < 1.29 is 11.3 Å². The molecule has 6 heteroatoms. The molecule has 614 valence electrons. The van der Waals surface area contributed by atoms with E-state index >= 15 is 0 Å². The monoisotopic (exact) mass is 1730 g/mol. The molecule has 0 aliphatic heterocycles. The first-order chi connectivity index (χ1) is 67.5. The molecule has 4 heterocycles. The summed E-state index contributed by atoms with van der Waals surface area (Å²) in [4.78, 5) is 4.28. The lowest BCUT2D eigenvalue weighted by Crippen LogP contribution is -2.11. The van der Waals surface area contributed by atoms with Crippen LogP contribution in [-0.2, 0) is 0 Å². The highest BCUT2D eigenvalue weighted by Crippen LogP contribution is 2.52. The summed E-state index contributed by atoms with van der Waals surface area (Å²) in [5, 5.41) is 30.8. The van der Waals surface area contributed by atoms with Crippen molar-refractivity contribution in [3.05, 3.63) is 461 Å². The zero-order chi connectivity index (χ0) is 90.9. The molecule has 4 aromatic heterocycles. The van der Waals surface area contributed by atoms with E-state index in [4.69, 9.17) is 11.3 Å². The largest absolute Gasteiger partial charge is 0.455 e. The normalized spacial score (nSPS) is 12.5. The second-order valence-corrected chi connectivity index (χ2v) is 37.7. The lowest BCUT2D eigenvalue weighted by Gasteiger charge is -2.29. The van der Waals surface area contributed by atoms with Crippen molar-refractivity contribution in [3.63, 3.8) is 0 Å². The van der Waals surface area contributed by atoms with Crippen molar-refractivity contribution in [1.29, 1.82) is 0 Å². The Morgan fingerprint density at radius 3 is 1.17 bits per heavy atom. The smallest absolute Gasteiger partial charge is 0.143 e. The summed E-state index contributed by atoms with van der Waals surface area (Å²) in [7, 11) is 0. The molecule has 0 aliphatic rings. The van der Waals surface area contributed by atoms with Crippen LogP contribution in [0.25, 0.3) is 235 Å². The molecule has 0 bridgehead atoms. The topological polar surface area (TPSA) is 19.6 Å². The van der Waals surface area contributed by atoms with Gasteiger partial charge in [-0.15, -0.1) is 34.0 Å². The van der Waals surface area contributed by atoms with Crippen LogP contribution in [0.5, 0.6) is 0 Å². The van der Waals surface area contributed by atoms with E-state index in [0.29, 0.717) is 11.4 Å². The molecule has 0 N–H and O–H groups in total. The van der Waals surface area contributed by atoms with Crippen LogP contribution in [0.2, 0.25) is 0 Å². The predicted octanol–water partition coefficient (Wildman–Crippen LogP) is 38.0. The van der Waals surface area contributed by atoms with Gasteiger partial charge in [-0.05, 0) is 264 Å². The molecule has 0 unspecified atom stereocenters. The van der Waals surface area contributed by atoms with Crippen molar-refractivity contribution in [2.24, 2.45) is 0 Å². The van der Waals surface area contributed by atoms with Gasteiger partial charge in [0.2, 0.25) is 0 Å². The van der Waals surface area contributed by atoms with Gasteiger partial charge in [0.1, 0.15) is 11.2 Å². The molecule has 0 aliphatic carbocycles. The van der Waals surface area contributed by atoms with Gasteiger partial charge in [0.05, 0.1) is 18.2 Å². The van der Waals surface area contributed by atoms with E-state index in [-0.39, 0.29) is 29.9 Å². The fraction of sp³-hybridized carbons (Fsp3) is 0. The lowest BCUT2D eigenvalue weighted by molar-refractivity contribution is 0.676. The first-order valence-electron chi connectivity index (χ1n) is 47.2. The van der Waals surface area contributed by atoms with E-state index in [1.807, 2.05) is 64.3 Å². The quantitative estimate of drug-likeness (QED) is 0.129. The minimum Gasteiger partial charge on any atom is -0.455 e. The highest BCUT2D eigenvalue weighted by atomic mass is 32.1. The molecule has 0 spiro atoms. The van der Waals surface area contributed by atoms with Crippen LogP contribution in [-0.4, -0.2) is 0 Å². The van der Waals surface area contributed by atoms with Crippen LogP contribution in [0.3, 0.4) is 0 Å². The first-order valence-corrected chi connectivity index (χ1v) is 47.2. The summed E-state index contributed by atoms with van der Waals surface area (Å²) < 4.78 is 58.7. The summed E-state index contributed by atoms with van der Waals surface area (Å²) in [6.07, 6.45) is 0. The maximum absolute atomic E-state index is 9.16. The van der Waals surface area contributed by atoms with Crippen molar-refractivity contribution >= 4 is 248 Å². The predicted molar refractivity (Wildman–Crippen MR) is 573 cm³/mol. The summed E-state index contributed by atoms with van der Waals surface area (Å²) in [5.41, 5.74) is 18.2. The van der Waals surface area contributed by atoms with Crippen LogP contribution in [0, 0.1) is 0 Å². The number of thiophene rings is 3. The van der Waals surface area contributed by atoms with Gasteiger partial charge in [0, 0.05) is 116 Å². The Morgan fingerprint density at radius 1 is 0.189 bits per heavy atom. The molecule has 24 aromatic carbocycles. The average Bonchev–Trinajstić information content (AvgIpc) is 1.64. The molecule has 0 atom stereocenters. The maximum atomic E-state index is 9.16. The third kappa shape index (κ3) is 12.5. The highest BCUT2D eigenvalue weighted by molar-refractivity contribution is 7.27. The second-order valence-electron chi connectivity index (χ2n) is 34.4. The van der Waals surface area contributed by atoms with E-state index in [0.717, 1.165) is 104 Å². The third-order valence-corrected chi connectivity index (χ3v) is 30.6. The number of para-hydroxylation sites is 1. The van der Waals surface area contributed by atoms with Crippen molar-refractivity contribution in [2.75, 3.05) is 9.80 Å². The van der Waals surface area contributed by atoms with Crippen LogP contribution in [0.15, 0.2) is 465 Å². The van der Waals surface area contributed by atoms with Crippen LogP contribution in [0.4, 0.5) is 34.1 Å². The molecule has 132 heavy (non-hydrogen) atoms. The number of anilines is 6. The van der Waals surface area contributed by atoms with Gasteiger partial charge in [-0.3, -0.25) is 0 Å². The Labute approximate surface area is 779 Å². The van der Waals surface area contributed by atoms with Gasteiger partial charge in [-0.1, -0.05) is 328 Å². The number of rotatable bonds is 11. The van der Waals surface area contributed by atoms with Crippen molar-refractivity contribution in [2.45, 2.75) is 0 Å². The second kappa shape index (κ2) is 30.7. The summed E-state index contributed by atoms with van der Waals surface area (Å²) in [5.74, 6) is 0. The number of furan rings is 1. The molecule has 28 aromatic rings. The molecule has 0 radical (unpaired) electrons. The Kier molecular flexibility index (Phi) is 16.5. The highest BCUT2D eigenvalue weighted by Gasteiger charge is 2.25. The van der Waals surface area contributed by atoms with E-state index in [1.165, 1.54) is 148 Å². The van der Waals surface area contributed by atoms with Gasteiger partial charge >= 0.3 is 0 Å². The summed E-state index contributed by atoms with van der Waals surface area (Å²) >= 11 is 5.60. The molecule has 28 rings (SSSR count). The van der Waals surface area contributed by atoms with Gasteiger partial charge in [-0.2, -0.15) is 0 Å². The minimum absolute atomic E-state index is 0.0849. The van der Waals surface area contributed by atoms with Gasteiger partial charge in [0.25, 0.3) is 0 Å². The van der Waals surface area contributed by atoms with Crippen LogP contribution < -0.4 is 9.80 Å². The number of hydrogen-bond donors (Lipinski definition) is 0. The molecule has 0 saturated carbocycles. The van der Waals surface area contributed by atoms with Crippen LogP contribution >= 0.6 is 34.0 Å². The Hall–Kier alpha value is -16.3. The molecule has 3 nitrogen and oxygen atoms in total. The van der Waals surface area contributed by atoms with Crippen molar-refractivity contribution in [1.82, 2.24) is 0 Å². The zero-order valence-corrected chi connectivity index (χ0v) is 73.5. The Morgan fingerprint density at radius 2 is 0.568 bits per heavy atom. The molecule has 0 saturated heterocycles. The average molecular weight is 1740 g/mol. The molecule has 0 amide bonds. The number of benzene rings is 24. The van der Waals surface area contributed by atoms with E-state index in [1.54, 1.807) is 4.90 Å². The maximum Gasteiger partial charge on any atom is 0.143 e. The SMILES string of the molecule is [2H]c1c([2H])c([2H])c(N(c2ccc3cc(-c4ccc5sc6ccc7ccccc7c6c5c4)ccc3c2)c2ccc3cc(-c4cc5c6ccc7ccccc7c6oc5c5ccccc45)ccc3c2)c([2H])c1[2H].c1ccc(-c2ccc(N(c3ccc(-c4ccc5sc6c7ccccc7ccc6c5c4)c4ccccc34)c3ccc(-c4ccc5sc6ccc7ccccc7c6c5c4)c4ccccc34)cc2)cc1. The van der Waals surface area contributed by atoms with Crippen molar-refractivity contribution in [3.8, 4) is 55.6 Å². The first kappa shape index (κ1) is 70.7. The van der Waals surface area contributed by atoms with Gasteiger partial charge in [0.15, 0.2) is 0 Å². The standard InChI is InChI=1S/C64H39NS2.C62H37NOS/c1-2-12-40(13-3-1)41-22-28-46(29-23-41)65(58-33-31-47(51-18-8-10-20-53(51)58)44-26-35-60-56(38-44)55-30-24-43-15-5-7-17-50(43)64(55)67-60)59-34-32-48(52-19-9-11-21-54(52)59)45-27-36-61-57(39-45)63-49-16-6-4-14-42(49)25-37-62(63)66-61;1-2-12-47(13-3-1)63(48-27-22-41-32-40(18-19-43(41)34-48)45-26-30-58-57(36-45)60-50-14-6-4-10-38(50)25-31-59(60)65-58)49-28-23-42-33-46(21-20-44(42)35-49)55-37-56-54-29-24-39-11-5-7-15-51(39)61(54)64-62(56)53-17-9-8-16-52(53)55/h1-39H;1-37H/i;1D,2D,3D,12D,13D. The van der Waals surface area contributed by atoms with E-state index in [9.17, 15) is 0 Å². The minimum atomic E-state index is -0.430. The Balaban J connectivity index is 0.000000139. The fourth-order valence-corrected chi connectivity index (χ4v) is 24.3. The summed E-state index contributed by atoms with van der Waals surface area (Å²) in [6, 6.07) is 154. The molecule has 0 fully saturated rings. The summed E-state index contributed by atoms with van der Waals surface area (Å²) in [6.45, 7) is 0. The van der Waals surface area contributed by atoms with E-state index < -0.39 is 6.04 Å². The number of fused-ring (bicyclic) bond motifs is 26. The number of nitrogens with zero attached hydrogens (tertiary/aromatic N) is 2. The Bertz CT molecular complexity index is 9960. The molecular formula is C126H76N2OS3. The van der Waals surface area contributed by atoms with E-state index in [2.05, 4.69) is 405 Å². The third-order valence-electron chi connectivity index (χ3n) is 27.1. The van der Waals surface area contributed by atoms with Crippen LogP contribution in [0.1, 0.15) is 6.85 Å². The zero-order valence-electron chi connectivity index (χ0n) is 76.0. The molecular weight excluding hydrogens is 1650 g/mol. The number of hydrogen-bond acceptors (Lipinski definition) is 6. The van der Waals surface area contributed by atoms with Gasteiger partial charge in [-0.25, -0.2) is 0 Å². The lowest BCUT2D eigenvalue weighted by atomic mass is 9.93. The van der Waals surface area contributed by atoms with Gasteiger partial charge < -0.3 is 14.2 Å². The fourth-order valence-electron chi connectivity index (χ4n) is 20.8.